The number of thiophene rings is 1. The van der Waals surface area contributed by atoms with Crippen LogP contribution in [-0.2, 0) is 12.8 Å². The van der Waals surface area contributed by atoms with Gasteiger partial charge in [0.1, 0.15) is 0 Å². The Balaban J connectivity index is 1.81. The van der Waals surface area contributed by atoms with Crippen LogP contribution in [0.1, 0.15) is 29.1 Å². The molecule has 17 heavy (non-hydrogen) atoms. The van der Waals surface area contributed by atoms with Gasteiger partial charge in [0, 0.05) is 11.3 Å². The van der Waals surface area contributed by atoms with Gasteiger partial charge in [-0.3, -0.25) is 0 Å². The summed E-state index contributed by atoms with van der Waals surface area (Å²) in [6.45, 7) is -0.172. The second-order valence-electron chi connectivity index (χ2n) is 3.77. The molecule has 2 heterocycles. The van der Waals surface area contributed by atoms with E-state index in [0.29, 0.717) is 11.7 Å². The molecule has 0 bridgehead atoms. The van der Waals surface area contributed by atoms with Crippen molar-refractivity contribution in [1.29, 1.82) is 0 Å². The minimum Gasteiger partial charge on any atom is -0.394 e. The number of nitrogens with two attached hydrogens (primary N) is 1. The molecular weight excluding hydrogens is 238 g/mol. The Morgan fingerprint density at radius 3 is 3.06 bits per heavy atom. The van der Waals surface area contributed by atoms with Gasteiger partial charge in [0.25, 0.3) is 0 Å². The summed E-state index contributed by atoms with van der Waals surface area (Å²) in [5.74, 6) is 0.957. The van der Waals surface area contributed by atoms with E-state index in [1.54, 1.807) is 11.3 Å². The summed E-state index contributed by atoms with van der Waals surface area (Å²) in [6.07, 6.45) is 2.72. The highest BCUT2D eigenvalue weighted by molar-refractivity contribution is 7.09. The fourth-order valence-corrected chi connectivity index (χ4v) is 2.22. The molecule has 0 saturated carbocycles. The maximum absolute atomic E-state index is 8.85. The minimum atomic E-state index is -0.551. The number of hydrogen-bond acceptors (Lipinski definition) is 6. The highest BCUT2D eigenvalue weighted by Crippen LogP contribution is 2.13. The summed E-state index contributed by atoms with van der Waals surface area (Å²) in [5, 5.41) is 14.7. The molecule has 0 spiro atoms. The Labute approximate surface area is 103 Å². The first kappa shape index (κ1) is 12.2. The molecule has 0 aliphatic carbocycles. The van der Waals surface area contributed by atoms with Gasteiger partial charge < -0.3 is 15.4 Å². The van der Waals surface area contributed by atoms with E-state index < -0.39 is 6.04 Å². The topological polar surface area (TPSA) is 85.2 Å². The van der Waals surface area contributed by atoms with E-state index in [4.69, 9.17) is 15.4 Å². The van der Waals surface area contributed by atoms with Gasteiger partial charge in [0.2, 0.25) is 5.89 Å². The van der Waals surface area contributed by atoms with Gasteiger partial charge >= 0.3 is 0 Å². The Hall–Kier alpha value is -1.24. The summed E-state index contributed by atoms with van der Waals surface area (Å²) in [4.78, 5) is 5.50. The molecule has 0 amide bonds. The van der Waals surface area contributed by atoms with Crippen molar-refractivity contribution in [2.24, 2.45) is 5.73 Å². The van der Waals surface area contributed by atoms with Gasteiger partial charge in [-0.1, -0.05) is 11.2 Å². The maximum Gasteiger partial charge on any atom is 0.226 e. The van der Waals surface area contributed by atoms with Gasteiger partial charge in [-0.15, -0.1) is 11.3 Å². The lowest BCUT2D eigenvalue weighted by atomic mass is 10.2. The molecular formula is C11H15N3O2S. The smallest absolute Gasteiger partial charge is 0.226 e. The van der Waals surface area contributed by atoms with E-state index in [1.807, 2.05) is 6.07 Å². The monoisotopic (exact) mass is 253 g/mol. The summed E-state index contributed by atoms with van der Waals surface area (Å²) >= 11 is 1.75. The molecule has 2 aromatic rings. The van der Waals surface area contributed by atoms with Gasteiger partial charge in [-0.25, -0.2) is 0 Å². The van der Waals surface area contributed by atoms with Crippen molar-refractivity contribution in [1.82, 2.24) is 10.1 Å². The number of rotatable bonds is 6. The number of aromatic nitrogens is 2. The first-order valence-corrected chi connectivity index (χ1v) is 6.39. The highest BCUT2D eigenvalue weighted by Gasteiger charge is 2.12. The lowest BCUT2D eigenvalue weighted by Crippen LogP contribution is -2.16. The molecule has 1 unspecified atom stereocenters. The van der Waals surface area contributed by atoms with Crippen LogP contribution >= 0.6 is 11.3 Å². The SMILES string of the molecule is NC(CO)c1noc(CCCc2cccs2)n1. The van der Waals surface area contributed by atoms with E-state index in [2.05, 4.69) is 21.6 Å². The van der Waals surface area contributed by atoms with E-state index in [0.717, 1.165) is 19.3 Å². The lowest BCUT2D eigenvalue weighted by molar-refractivity contribution is 0.259. The first-order valence-electron chi connectivity index (χ1n) is 5.51. The molecule has 1 atom stereocenters. The van der Waals surface area contributed by atoms with Crippen molar-refractivity contribution in [3.63, 3.8) is 0 Å². The zero-order chi connectivity index (χ0) is 12.1. The van der Waals surface area contributed by atoms with Crippen LogP contribution in [0.2, 0.25) is 0 Å². The quantitative estimate of drug-likeness (QED) is 0.810. The van der Waals surface area contributed by atoms with Crippen molar-refractivity contribution in [3.05, 3.63) is 34.1 Å². The molecule has 6 heteroatoms. The largest absolute Gasteiger partial charge is 0.394 e. The number of aliphatic hydroxyl groups excluding tert-OH is 1. The van der Waals surface area contributed by atoms with Crippen molar-refractivity contribution >= 4 is 11.3 Å². The Morgan fingerprint density at radius 2 is 2.35 bits per heavy atom. The van der Waals surface area contributed by atoms with E-state index >= 15 is 0 Å². The number of aliphatic hydroxyl groups is 1. The Bertz CT molecular complexity index is 441. The summed E-state index contributed by atoms with van der Waals surface area (Å²) in [5.41, 5.74) is 5.58. The van der Waals surface area contributed by atoms with Crippen molar-refractivity contribution in [2.45, 2.75) is 25.3 Å². The number of aryl methyl sites for hydroxylation is 2. The van der Waals surface area contributed by atoms with Gasteiger partial charge in [0.05, 0.1) is 12.6 Å². The summed E-state index contributed by atoms with van der Waals surface area (Å²) in [7, 11) is 0. The predicted molar refractivity (Wildman–Crippen MR) is 64.7 cm³/mol. The zero-order valence-corrected chi connectivity index (χ0v) is 10.2. The van der Waals surface area contributed by atoms with Gasteiger partial charge in [-0.2, -0.15) is 4.98 Å². The molecule has 0 saturated heterocycles. The van der Waals surface area contributed by atoms with Crippen LogP contribution in [-0.4, -0.2) is 21.9 Å². The molecule has 5 nitrogen and oxygen atoms in total. The van der Waals surface area contributed by atoms with Crippen molar-refractivity contribution in [3.8, 4) is 0 Å². The standard InChI is InChI=1S/C11H15N3O2S/c12-9(7-15)11-13-10(16-14-11)5-1-3-8-4-2-6-17-8/h2,4,6,9,15H,1,3,5,7,12H2. The second kappa shape index (κ2) is 5.90. The summed E-state index contributed by atoms with van der Waals surface area (Å²) in [6, 6.07) is 3.61. The fourth-order valence-electron chi connectivity index (χ4n) is 1.47. The third-order valence-corrected chi connectivity index (χ3v) is 3.34. The van der Waals surface area contributed by atoms with Crippen LogP contribution in [0.5, 0.6) is 0 Å². The lowest BCUT2D eigenvalue weighted by Gasteiger charge is -1.98. The molecule has 92 valence electrons. The number of hydrogen-bond donors (Lipinski definition) is 2. The molecule has 0 aromatic carbocycles. The molecule has 0 aliphatic heterocycles. The van der Waals surface area contributed by atoms with Crippen LogP contribution < -0.4 is 5.73 Å². The Morgan fingerprint density at radius 1 is 1.47 bits per heavy atom. The van der Waals surface area contributed by atoms with Crippen molar-refractivity contribution in [2.75, 3.05) is 6.61 Å². The molecule has 0 fully saturated rings. The van der Waals surface area contributed by atoms with E-state index in [-0.39, 0.29) is 6.61 Å². The van der Waals surface area contributed by atoms with E-state index in [1.165, 1.54) is 4.88 Å². The minimum absolute atomic E-state index is 0.172. The van der Waals surface area contributed by atoms with Crippen LogP contribution in [0.3, 0.4) is 0 Å². The zero-order valence-electron chi connectivity index (χ0n) is 9.37. The normalized spacial score (nSPS) is 12.8. The third kappa shape index (κ3) is 3.36. The van der Waals surface area contributed by atoms with Crippen LogP contribution in [0, 0.1) is 0 Å². The van der Waals surface area contributed by atoms with Crippen LogP contribution in [0.4, 0.5) is 0 Å². The molecule has 0 radical (unpaired) electrons. The Kier molecular flexibility index (Phi) is 4.24. The summed E-state index contributed by atoms with van der Waals surface area (Å²) < 4.78 is 5.06. The first-order chi connectivity index (χ1) is 8.29. The highest BCUT2D eigenvalue weighted by atomic mass is 32.1. The number of nitrogens with zero attached hydrogens (tertiary/aromatic N) is 2. The van der Waals surface area contributed by atoms with Crippen LogP contribution in [0.15, 0.2) is 22.0 Å². The average molecular weight is 253 g/mol. The second-order valence-corrected chi connectivity index (χ2v) is 4.80. The van der Waals surface area contributed by atoms with Crippen molar-refractivity contribution < 1.29 is 9.63 Å². The molecule has 3 N–H and O–H groups in total. The average Bonchev–Trinajstić information content (AvgIpc) is 2.99. The molecule has 2 rings (SSSR count). The fraction of sp³-hybridized carbons (Fsp3) is 0.455. The molecule has 2 aromatic heterocycles. The van der Waals surface area contributed by atoms with E-state index in [9.17, 15) is 0 Å². The van der Waals surface area contributed by atoms with Gasteiger partial charge in [0.15, 0.2) is 5.82 Å². The molecule has 0 aliphatic rings. The maximum atomic E-state index is 8.85. The third-order valence-electron chi connectivity index (χ3n) is 2.41. The van der Waals surface area contributed by atoms with Gasteiger partial charge in [-0.05, 0) is 24.3 Å². The predicted octanol–water partition coefficient (Wildman–Crippen LogP) is 1.30. The van der Waals surface area contributed by atoms with Crippen LogP contribution in [0.25, 0.3) is 0 Å².